The van der Waals surface area contributed by atoms with Crippen molar-refractivity contribution in [2.75, 3.05) is 6.61 Å². The van der Waals surface area contributed by atoms with E-state index in [1.807, 2.05) is 17.5 Å². The molecule has 1 saturated carbocycles. The van der Waals surface area contributed by atoms with Gasteiger partial charge < -0.3 is 10.1 Å². The monoisotopic (exact) mass is 553 g/mol. The van der Waals surface area contributed by atoms with Gasteiger partial charge in [-0.25, -0.2) is 9.37 Å². The zero-order valence-corrected chi connectivity index (χ0v) is 22.7. The largest absolute Gasteiger partial charge is 0.466 e. The Bertz CT molecular complexity index is 1410. The van der Waals surface area contributed by atoms with Gasteiger partial charge in [0, 0.05) is 25.4 Å². The number of aromatic nitrogens is 2. The van der Waals surface area contributed by atoms with Crippen LogP contribution in [0.15, 0.2) is 54.9 Å². The normalized spacial score (nSPS) is 17.4. The summed E-state index contributed by atoms with van der Waals surface area (Å²) < 4.78 is 20.3. The number of rotatable bonds is 8. The minimum absolute atomic E-state index is 0.0261. The predicted octanol–water partition coefficient (Wildman–Crippen LogP) is 7.01. The zero-order chi connectivity index (χ0) is 26.6. The molecule has 6 nitrogen and oxygen atoms in total. The molecule has 38 heavy (non-hydrogen) atoms. The van der Waals surface area contributed by atoms with E-state index in [2.05, 4.69) is 34.6 Å². The molecular formula is C29H29ClFN3O3S. The Morgan fingerprint density at radius 3 is 2.58 bits per heavy atom. The summed E-state index contributed by atoms with van der Waals surface area (Å²) in [6, 6.07) is 13.1. The van der Waals surface area contributed by atoms with Crippen molar-refractivity contribution in [3.63, 3.8) is 0 Å². The van der Waals surface area contributed by atoms with Crippen molar-refractivity contribution in [3.05, 3.63) is 82.5 Å². The van der Waals surface area contributed by atoms with Gasteiger partial charge in [0.15, 0.2) is 4.96 Å². The number of amides is 1. The minimum atomic E-state index is -0.489. The second-order valence-electron chi connectivity index (χ2n) is 9.69. The number of esters is 1. The standard InChI is InChI=1S/C29H29ClFN3O3S/c1-2-37-27(35)14-18-3-6-20(7-4-18)21-8-10-22(11-9-21)26-17-34-16-25(33-29(34)38-26)28(36)32-15-19-5-12-24(31)23(30)13-19/h5,8-13,16-18,20H,2-4,6-7,14-15H2,1H3,(H,32,36)/t18-,20-. The van der Waals surface area contributed by atoms with Gasteiger partial charge in [-0.2, -0.15) is 0 Å². The van der Waals surface area contributed by atoms with E-state index in [0.717, 1.165) is 41.1 Å². The van der Waals surface area contributed by atoms with Gasteiger partial charge >= 0.3 is 5.97 Å². The lowest BCUT2D eigenvalue weighted by Crippen LogP contribution is -2.23. The third-order valence-corrected chi connectivity index (χ3v) is 8.44. The van der Waals surface area contributed by atoms with Crippen LogP contribution in [0.3, 0.4) is 0 Å². The van der Waals surface area contributed by atoms with Crippen LogP contribution in [0, 0.1) is 11.7 Å². The highest BCUT2D eigenvalue weighted by molar-refractivity contribution is 7.20. The predicted molar refractivity (Wildman–Crippen MR) is 147 cm³/mol. The molecule has 4 aromatic rings. The molecule has 0 bridgehead atoms. The van der Waals surface area contributed by atoms with Crippen LogP contribution >= 0.6 is 22.9 Å². The van der Waals surface area contributed by atoms with E-state index >= 15 is 0 Å². The first-order valence-electron chi connectivity index (χ1n) is 12.9. The molecule has 1 aliphatic carbocycles. The molecule has 1 aliphatic rings. The van der Waals surface area contributed by atoms with E-state index in [4.69, 9.17) is 16.3 Å². The summed E-state index contributed by atoms with van der Waals surface area (Å²) in [5, 5.41) is 2.83. The molecule has 0 atom stereocenters. The topological polar surface area (TPSA) is 72.7 Å². The molecule has 1 fully saturated rings. The van der Waals surface area contributed by atoms with Crippen LogP contribution in [0.2, 0.25) is 5.02 Å². The van der Waals surface area contributed by atoms with E-state index in [-0.39, 0.29) is 23.4 Å². The second kappa shape index (κ2) is 11.7. The summed E-state index contributed by atoms with van der Waals surface area (Å²) in [6.07, 6.45) is 8.53. The molecule has 0 radical (unpaired) electrons. The van der Waals surface area contributed by atoms with Gasteiger partial charge in [0.1, 0.15) is 11.5 Å². The molecule has 198 valence electrons. The van der Waals surface area contributed by atoms with Gasteiger partial charge in [0.05, 0.1) is 16.5 Å². The quantitative estimate of drug-likeness (QED) is 0.238. The Labute approximate surface area is 229 Å². The average molecular weight is 554 g/mol. The number of imidazole rings is 1. The fourth-order valence-corrected chi connectivity index (χ4v) is 6.21. The smallest absolute Gasteiger partial charge is 0.306 e. The van der Waals surface area contributed by atoms with Crippen LogP contribution in [0.5, 0.6) is 0 Å². The van der Waals surface area contributed by atoms with E-state index in [0.29, 0.717) is 36.1 Å². The van der Waals surface area contributed by atoms with Crippen LogP contribution in [0.4, 0.5) is 4.39 Å². The van der Waals surface area contributed by atoms with Crippen LogP contribution in [-0.2, 0) is 16.1 Å². The number of benzene rings is 2. The number of carbonyl (C=O) groups is 2. The molecule has 2 heterocycles. The number of thiazole rings is 1. The summed E-state index contributed by atoms with van der Waals surface area (Å²) in [7, 11) is 0. The fraction of sp³-hybridized carbons (Fsp3) is 0.345. The van der Waals surface area contributed by atoms with Crippen LogP contribution in [0.25, 0.3) is 15.4 Å². The Morgan fingerprint density at radius 1 is 1.13 bits per heavy atom. The van der Waals surface area contributed by atoms with Crippen molar-refractivity contribution in [3.8, 4) is 10.4 Å². The number of carbonyl (C=O) groups excluding carboxylic acids is 2. The molecule has 2 aromatic heterocycles. The van der Waals surface area contributed by atoms with Crippen molar-refractivity contribution in [1.29, 1.82) is 0 Å². The molecule has 2 aromatic carbocycles. The van der Waals surface area contributed by atoms with Crippen LogP contribution in [0.1, 0.15) is 66.6 Å². The number of nitrogens with one attached hydrogen (secondary N) is 1. The highest BCUT2D eigenvalue weighted by Gasteiger charge is 2.24. The molecule has 0 saturated heterocycles. The molecule has 0 aliphatic heterocycles. The van der Waals surface area contributed by atoms with Gasteiger partial charge in [0.2, 0.25) is 0 Å². The summed E-state index contributed by atoms with van der Waals surface area (Å²) in [4.78, 5) is 30.6. The molecule has 1 amide bonds. The summed E-state index contributed by atoms with van der Waals surface area (Å²) >= 11 is 7.34. The number of nitrogens with zero attached hydrogens (tertiary/aromatic N) is 2. The van der Waals surface area contributed by atoms with Crippen molar-refractivity contribution in [2.45, 2.75) is 51.5 Å². The summed E-state index contributed by atoms with van der Waals surface area (Å²) in [5.41, 5.74) is 3.48. The van der Waals surface area contributed by atoms with Crippen molar-refractivity contribution in [1.82, 2.24) is 14.7 Å². The van der Waals surface area contributed by atoms with E-state index in [1.54, 1.807) is 12.3 Å². The number of hydrogen-bond donors (Lipinski definition) is 1. The Balaban J connectivity index is 1.17. The Morgan fingerprint density at radius 2 is 1.89 bits per heavy atom. The third kappa shape index (κ3) is 6.08. The second-order valence-corrected chi connectivity index (χ2v) is 11.1. The van der Waals surface area contributed by atoms with Gasteiger partial charge in [-0.15, -0.1) is 0 Å². The highest BCUT2D eigenvalue weighted by atomic mass is 35.5. The highest BCUT2D eigenvalue weighted by Crippen LogP contribution is 2.38. The Hall–Kier alpha value is -3.23. The SMILES string of the molecule is CCOC(=O)C[C@H]1CC[C@H](c2ccc(-c3cn4cc(C(=O)NCc5ccc(F)c(Cl)c5)nc4s3)cc2)CC1. The van der Waals surface area contributed by atoms with Crippen molar-refractivity contribution in [2.24, 2.45) is 5.92 Å². The summed E-state index contributed by atoms with van der Waals surface area (Å²) in [5.74, 6) is 0.0850. The lowest BCUT2D eigenvalue weighted by molar-refractivity contribution is -0.144. The van der Waals surface area contributed by atoms with E-state index in [9.17, 15) is 14.0 Å². The summed E-state index contributed by atoms with van der Waals surface area (Å²) in [6.45, 7) is 2.52. The lowest BCUT2D eigenvalue weighted by Gasteiger charge is -2.28. The van der Waals surface area contributed by atoms with Crippen molar-refractivity contribution >= 4 is 39.8 Å². The molecule has 1 N–H and O–H groups in total. The maximum Gasteiger partial charge on any atom is 0.306 e. The molecular weight excluding hydrogens is 525 g/mol. The number of hydrogen-bond acceptors (Lipinski definition) is 5. The van der Waals surface area contributed by atoms with E-state index < -0.39 is 5.82 Å². The van der Waals surface area contributed by atoms with E-state index in [1.165, 1.54) is 29.0 Å². The number of fused-ring (bicyclic) bond motifs is 1. The molecule has 0 spiro atoms. The van der Waals surface area contributed by atoms with Crippen LogP contribution in [-0.4, -0.2) is 27.9 Å². The first kappa shape index (κ1) is 26.4. The Kier molecular flexibility index (Phi) is 8.09. The molecule has 9 heteroatoms. The van der Waals surface area contributed by atoms with Crippen molar-refractivity contribution < 1.29 is 18.7 Å². The van der Waals surface area contributed by atoms with Gasteiger partial charge in [-0.1, -0.05) is 53.3 Å². The maximum absolute atomic E-state index is 13.3. The third-order valence-electron chi connectivity index (χ3n) is 7.10. The van der Waals surface area contributed by atoms with Gasteiger partial charge in [-0.3, -0.25) is 14.0 Å². The number of halogens is 2. The van der Waals surface area contributed by atoms with Gasteiger partial charge in [0.25, 0.3) is 5.91 Å². The molecule has 5 rings (SSSR count). The lowest BCUT2D eigenvalue weighted by atomic mass is 9.77. The van der Waals surface area contributed by atoms with Gasteiger partial charge in [-0.05, 0) is 73.3 Å². The maximum atomic E-state index is 13.3. The average Bonchev–Trinajstić information content (AvgIpc) is 3.50. The first-order valence-corrected chi connectivity index (χ1v) is 14.1. The zero-order valence-electron chi connectivity index (χ0n) is 21.1. The molecule has 0 unspecified atom stereocenters. The minimum Gasteiger partial charge on any atom is -0.466 e. The fourth-order valence-electron chi connectivity index (χ4n) is 5.04. The first-order chi connectivity index (χ1) is 18.4. The van der Waals surface area contributed by atoms with Crippen LogP contribution < -0.4 is 5.32 Å². The number of ether oxygens (including phenoxy) is 1.